The third-order valence-corrected chi connectivity index (χ3v) is 4.72. The van der Waals surface area contributed by atoms with E-state index in [9.17, 15) is 14.0 Å². The molecule has 1 amide bonds. The van der Waals surface area contributed by atoms with Crippen LogP contribution in [0.2, 0.25) is 0 Å². The maximum Gasteiger partial charge on any atom is 0.292 e. The first-order chi connectivity index (χ1) is 13.0. The van der Waals surface area contributed by atoms with Crippen molar-refractivity contribution in [3.8, 4) is 0 Å². The van der Waals surface area contributed by atoms with Gasteiger partial charge in [-0.15, -0.1) is 0 Å². The summed E-state index contributed by atoms with van der Waals surface area (Å²) in [5.74, 6) is -1.51. The number of Topliss-reactive ketones (excluding diaryl/α,β-unsaturated/α-hetero) is 1. The minimum atomic E-state index is -0.640. The maximum atomic E-state index is 13.3. The van der Waals surface area contributed by atoms with Gasteiger partial charge in [0.15, 0.2) is 0 Å². The van der Waals surface area contributed by atoms with E-state index in [-0.39, 0.29) is 18.4 Å². The highest BCUT2D eigenvalue weighted by Crippen LogP contribution is 2.21. The molecule has 1 aliphatic heterocycles. The van der Waals surface area contributed by atoms with Crippen LogP contribution >= 0.6 is 0 Å². The molecule has 1 saturated heterocycles. The molecule has 1 fully saturated rings. The summed E-state index contributed by atoms with van der Waals surface area (Å²) in [6.07, 6.45) is 0. The third kappa shape index (κ3) is 4.99. The number of amides is 1. The first kappa shape index (κ1) is 19.2. The Morgan fingerprint density at radius 3 is 2.33 bits per heavy atom. The molecule has 1 N–H and O–H groups in total. The minimum absolute atomic E-state index is 0.149. The Morgan fingerprint density at radius 2 is 1.70 bits per heavy atom. The van der Waals surface area contributed by atoms with Crippen LogP contribution < -0.4 is 5.32 Å². The molecule has 1 heterocycles. The lowest BCUT2D eigenvalue weighted by Crippen LogP contribution is -2.44. The molecule has 6 heteroatoms. The number of carbonyl (C=O) groups is 2. The number of hydrogen-bond donors (Lipinski definition) is 1. The summed E-state index contributed by atoms with van der Waals surface area (Å²) in [5, 5.41) is 2.74. The number of aryl methyl sites for hydroxylation is 1. The van der Waals surface area contributed by atoms with E-state index < -0.39 is 11.7 Å². The topological polar surface area (TPSA) is 58.6 Å². The Morgan fingerprint density at radius 1 is 1.07 bits per heavy atom. The van der Waals surface area contributed by atoms with Crippen LogP contribution in [0.1, 0.15) is 27.5 Å². The molecule has 2 aromatic rings. The van der Waals surface area contributed by atoms with Crippen molar-refractivity contribution in [3.63, 3.8) is 0 Å². The first-order valence-corrected chi connectivity index (χ1v) is 9.01. The first-order valence-electron chi connectivity index (χ1n) is 9.01. The summed E-state index contributed by atoms with van der Waals surface area (Å²) in [6.45, 7) is 4.82. The minimum Gasteiger partial charge on any atom is -0.379 e. The monoisotopic (exact) mass is 370 g/mol. The highest BCUT2D eigenvalue weighted by atomic mass is 19.1. The van der Waals surface area contributed by atoms with E-state index in [2.05, 4.69) is 10.2 Å². The van der Waals surface area contributed by atoms with E-state index in [1.807, 2.05) is 6.92 Å². The summed E-state index contributed by atoms with van der Waals surface area (Å²) < 4.78 is 18.7. The number of benzene rings is 2. The zero-order valence-electron chi connectivity index (χ0n) is 15.3. The van der Waals surface area contributed by atoms with Crippen molar-refractivity contribution in [1.82, 2.24) is 10.2 Å². The van der Waals surface area contributed by atoms with Gasteiger partial charge in [0.2, 0.25) is 5.78 Å². The Labute approximate surface area is 158 Å². The van der Waals surface area contributed by atoms with Gasteiger partial charge in [0, 0.05) is 25.2 Å². The van der Waals surface area contributed by atoms with Crippen LogP contribution in [-0.2, 0) is 9.53 Å². The van der Waals surface area contributed by atoms with Crippen LogP contribution in [0.25, 0.3) is 0 Å². The number of morpholine rings is 1. The largest absolute Gasteiger partial charge is 0.379 e. The Hall–Kier alpha value is -2.57. The molecular formula is C21H23FN2O3. The average Bonchev–Trinajstić information content (AvgIpc) is 2.70. The molecule has 0 aliphatic carbocycles. The molecule has 142 valence electrons. The van der Waals surface area contributed by atoms with Crippen molar-refractivity contribution in [2.24, 2.45) is 0 Å². The lowest BCUT2D eigenvalue weighted by atomic mass is 10.0. The predicted molar refractivity (Wildman–Crippen MR) is 100 cm³/mol. The van der Waals surface area contributed by atoms with Crippen molar-refractivity contribution >= 4 is 11.7 Å². The van der Waals surface area contributed by atoms with Crippen LogP contribution in [-0.4, -0.2) is 49.4 Å². The van der Waals surface area contributed by atoms with Crippen molar-refractivity contribution in [2.75, 3.05) is 32.8 Å². The molecule has 0 radical (unpaired) electrons. The Kier molecular flexibility index (Phi) is 6.32. The van der Waals surface area contributed by atoms with Crippen molar-refractivity contribution in [1.29, 1.82) is 0 Å². The van der Waals surface area contributed by atoms with Crippen molar-refractivity contribution in [2.45, 2.75) is 13.0 Å². The second kappa shape index (κ2) is 8.88. The lowest BCUT2D eigenvalue weighted by Gasteiger charge is -2.34. The van der Waals surface area contributed by atoms with Crippen LogP contribution in [0.4, 0.5) is 4.39 Å². The van der Waals surface area contributed by atoms with Crippen molar-refractivity contribution in [3.05, 3.63) is 71.0 Å². The van der Waals surface area contributed by atoms with Gasteiger partial charge in [0.1, 0.15) is 5.82 Å². The van der Waals surface area contributed by atoms with E-state index in [1.54, 1.807) is 36.4 Å². The molecule has 0 aromatic heterocycles. The normalized spacial score (nSPS) is 15.9. The van der Waals surface area contributed by atoms with Gasteiger partial charge in [0.05, 0.1) is 19.3 Å². The molecule has 27 heavy (non-hydrogen) atoms. The fourth-order valence-electron chi connectivity index (χ4n) is 3.14. The number of ketones is 1. The number of hydrogen-bond acceptors (Lipinski definition) is 4. The zero-order chi connectivity index (χ0) is 19.2. The van der Waals surface area contributed by atoms with Gasteiger partial charge >= 0.3 is 0 Å². The van der Waals surface area contributed by atoms with E-state index >= 15 is 0 Å². The van der Waals surface area contributed by atoms with E-state index in [1.165, 1.54) is 12.1 Å². The van der Waals surface area contributed by atoms with E-state index in [4.69, 9.17) is 4.74 Å². The van der Waals surface area contributed by atoms with Crippen molar-refractivity contribution < 1.29 is 18.7 Å². The average molecular weight is 370 g/mol. The van der Waals surface area contributed by atoms with Crippen LogP contribution in [0.3, 0.4) is 0 Å². The van der Waals surface area contributed by atoms with Crippen LogP contribution in [0.15, 0.2) is 48.5 Å². The predicted octanol–water partition coefficient (Wildman–Crippen LogP) is 2.51. The number of halogens is 1. The number of carbonyl (C=O) groups excluding carboxylic acids is 2. The smallest absolute Gasteiger partial charge is 0.292 e. The summed E-state index contributed by atoms with van der Waals surface area (Å²) in [6, 6.07) is 13.0. The highest BCUT2D eigenvalue weighted by Gasteiger charge is 2.25. The van der Waals surface area contributed by atoms with Gasteiger partial charge in [-0.1, -0.05) is 42.0 Å². The molecule has 5 nitrogen and oxygen atoms in total. The molecule has 1 atom stereocenters. The molecular weight excluding hydrogens is 347 g/mol. The number of ether oxygens (including phenoxy) is 1. The van der Waals surface area contributed by atoms with E-state index in [0.717, 1.165) is 11.1 Å². The summed E-state index contributed by atoms with van der Waals surface area (Å²) >= 11 is 0. The molecule has 1 unspecified atom stereocenters. The fraction of sp³-hybridized carbons (Fsp3) is 0.333. The summed E-state index contributed by atoms with van der Waals surface area (Å²) in [4.78, 5) is 26.8. The van der Waals surface area contributed by atoms with Gasteiger partial charge in [0.25, 0.3) is 5.91 Å². The van der Waals surface area contributed by atoms with Crippen LogP contribution in [0.5, 0.6) is 0 Å². The molecule has 2 aromatic carbocycles. The number of nitrogens with one attached hydrogen (secondary N) is 1. The van der Waals surface area contributed by atoms with Crippen LogP contribution in [0, 0.1) is 12.7 Å². The molecule has 1 aliphatic rings. The summed E-state index contributed by atoms with van der Waals surface area (Å²) in [5.41, 5.74) is 2.28. The van der Waals surface area contributed by atoms with Gasteiger partial charge in [-0.3, -0.25) is 14.5 Å². The third-order valence-electron chi connectivity index (χ3n) is 4.72. The second-order valence-corrected chi connectivity index (χ2v) is 6.62. The van der Waals surface area contributed by atoms with Gasteiger partial charge in [-0.05, 0) is 24.6 Å². The number of rotatable bonds is 6. The molecule has 0 spiro atoms. The highest BCUT2D eigenvalue weighted by molar-refractivity contribution is 6.42. The fourth-order valence-corrected chi connectivity index (χ4v) is 3.14. The Balaban J connectivity index is 1.69. The molecule has 0 bridgehead atoms. The maximum absolute atomic E-state index is 13.3. The second-order valence-electron chi connectivity index (χ2n) is 6.62. The Bertz CT molecular complexity index is 784. The zero-order valence-corrected chi connectivity index (χ0v) is 15.3. The standard InChI is InChI=1S/C21H23FN2O3/c1-15-2-4-17(5-3-15)20(25)21(26)23-14-19(24-10-12-27-13-11-24)16-6-8-18(22)9-7-16/h2-9,19H,10-14H2,1H3,(H,23,26). The number of nitrogens with zero attached hydrogens (tertiary/aromatic N) is 1. The van der Waals surface area contributed by atoms with E-state index in [0.29, 0.717) is 31.9 Å². The molecule has 0 saturated carbocycles. The quantitative estimate of drug-likeness (QED) is 0.627. The molecule has 3 rings (SSSR count). The van der Waals surface area contributed by atoms with Gasteiger partial charge < -0.3 is 10.1 Å². The summed E-state index contributed by atoms with van der Waals surface area (Å²) in [7, 11) is 0. The SMILES string of the molecule is Cc1ccc(C(=O)C(=O)NCC(c2ccc(F)cc2)N2CCOCC2)cc1. The van der Waals surface area contributed by atoms with Gasteiger partial charge in [-0.25, -0.2) is 4.39 Å². The lowest BCUT2D eigenvalue weighted by molar-refractivity contribution is -0.117. The van der Waals surface area contributed by atoms with Gasteiger partial charge in [-0.2, -0.15) is 0 Å².